The Bertz CT molecular complexity index is 588. The number of fused-ring (bicyclic) bond motifs is 1. The minimum absolute atomic E-state index is 0.654. The molecule has 0 N–H and O–H groups in total. The number of benzene rings is 1. The predicted octanol–water partition coefficient (Wildman–Crippen LogP) is 2.29. The molecule has 4 nitrogen and oxygen atoms in total. The molecular weight excluding hydrogens is 250 g/mol. The van der Waals surface area contributed by atoms with Gasteiger partial charge in [-0.05, 0) is 25.3 Å². The summed E-state index contributed by atoms with van der Waals surface area (Å²) in [6.07, 6.45) is 5.66. The van der Waals surface area contributed by atoms with Crippen LogP contribution in [0.15, 0.2) is 30.5 Å². The molecule has 3 heterocycles. The van der Waals surface area contributed by atoms with Crippen molar-refractivity contribution in [2.24, 2.45) is 0 Å². The summed E-state index contributed by atoms with van der Waals surface area (Å²) in [7, 11) is 0. The minimum atomic E-state index is 0.654. The maximum atomic E-state index is 5.47. The number of para-hydroxylation sites is 1. The van der Waals surface area contributed by atoms with E-state index >= 15 is 0 Å². The fraction of sp³-hybridized carbons (Fsp3) is 0.562. The van der Waals surface area contributed by atoms with E-state index in [2.05, 4.69) is 38.9 Å². The number of hydrogen-bond donors (Lipinski definition) is 0. The summed E-state index contributed by atoms with van der Waals surface area (Å²) >= 11 is 0. The largest absolute Gasteiger partial charge is 0.381 e. The van der Waals surface area contributed by atoms with Gasteiger partial charge in [0.15, 0.2) is 0 Å². The van der Waals surface area contributed by atoms with Crippen LogP contribution >= 0.6 is 0 Å². The maximum absolute atomic E-state index is 5.47. The quantitative estimate of drug-likeness (QED) is 0.858. The number of nitrogens with zero attached hydrogens (tertiary/aromatic N) is 3. The first-order chi connectivity index (χ1) is 9.92. The molecule has 4 rings (SSSR count). The summed E-state index contributed by atoms with van der Waals surface area (Å²) in [6.45, 7) is 4.12. The smallest absolute Gasteiger partial charge is 0.0683 e. The topological polar surface area (TPSA) is 30.3 Å². The number of aromatic nitrogens is 2. The summed E-state index contributed by atoms with van der Waals surface area (Å²) < 4.78 is 7.65. The molecule has 2 aromatic rings. The number of ether oxygens (including phenoxy) is 1. The number of rotatable bonds is 3. The molecule has 1 aromatic carbocycles. The van der Waals surface area contributed by atoms with Crippen LogP contribution in [-0.2, 0) is 11.3 Å². The molecule has 2 saturated heterocycles. The Morgan fingerprint density at radius 3 is 2.80 bits per heavy atom. The normalized spacial score (nSPS) is 24.9. The van der Waals surface area contributed by atoms with E-state index in [0.717, 1.165) is 25.8 Å². The third-order valence-electron chi connectivity index (χ3n) is 4.78. The Morgan fingerprint density at radius 1 is 1.15 bits per heavy atom. The molecular formula is C16H21N3O. The highest BCUT2D eigenvalue weighted by Crippen LogP contribution is 2.28. The molecule has 20 heavy (non-hydrogen) atoms. The van der Waals surface area contributed by atoms with Gasteiger partial charge < -0.3 is 4.74 Å². The molecule has 4 heteroatoms. The Balaban J connectivity index is 1.48. The Labute approximate surface area is 119 Å². The first-order valence-corrected chi connectivity index (χ1v) is 7.66. The van der Waals surface area contributed by atoms with Crippen LogP contribution in [-0.4, -0.2) is 46.5 Å². The van der Waals surface area contributed by atoms with E-state index in [0.29, 0.717) is 6.04 Å². The van der Waals surface area contributed by atoms with Crippen LogP contribution in [0.4, 0.5) is 0 Å². The van der Waals surface area contributed by atoms with E-state index in [4.69, 9.17) is 4.74 Å². The van der Waals surface area contributed by atoms with Gasteiger partial charge in [0.2, 0.25) is 0 Å². The fourth-order valence-corrected chi connectivity index (χ4v) is 3.53. The standard InChI is InChI=1S/C16H21N3O/c1-2-4-16-13(3-1)11-17-19(16)12-15-5-8-18(15)14-6-9-20-10-7-14/h1-4,11,14-15H,5-10,12H2. The van der Waals surface area contributed by atoms with E-state index in [1.54, 1.807) is 0 Å². The molecule has 1 aromatic heterocycles. The first kappa shape index (κ1) is 12.4. The van der Waals surface area contributed by atoms with Gasteiger partial charge in [0.1, 0.15) is 0 Å². The van der Waals surface area contributed by atoms with Crippen molar-refractivity contribution in [3.05, 3.63) is 30.5 Å². The molecule has 1 atom stereocenters. The van der Waals surface area contributed by atoms with Crippen LogP contribution in [0.2, 0.25) is 0 Å². The van der Waals surface area contributed by atoms with E-state index in [1.165, 1.54) is 36.7 Å². The third kappa shape index (κ3) is 2.13. The number of hydrogen-bond acceptors (Lipinski definition) is 3. The molecule has 2 fully saturated rings. The average Bonchev–Trinajstić information content (AvgIpc) is 2.88. The van der Waals surface area contributed by atoms with E-state index in [9.17, 15) is 0 Å². The highest BCUT2D eigenvalue weighted by Gasteiger charge is 2.34. The van der Waals surface area contributed by atoms with Gasteiger partial charge in [-0.2, -0.15) is 5.10 Å². The first-order valence-electron chi connectivity index (χ1n) is 7.66. The zero-order valence-corrected chi connectivity index (χ0v) is 11.7. The summed E-state index contributed by atoms with van der Waals surface area (Å²) in [6, 6.07) is 9.85. The SMILES string of the molecule is c1ccc2c(c1)cnn2CC1CCN1C1CCOCC1. The van der Waals surface area contributed by atoms with Gasteiger partial charge in [-0.25, -0.2) is 0 Å². The summed E-state index contributed by atoms with van der Waals surface area (Å²) in [4.78, 5) is 2.67. The van der Waals surface area contributed by atoms with Gasteiger partial charge in [0.25, 0.3) is 0 Å². The van der Waals surface area contributed by atoms with Crippen molar-refractivity contribution in [1.82, 2.24) is 14.7 Å². The van der Waals surface area contributed by atoms with Gasteiger partial charge in [0, 0.05) is 37.2 Å². The lowest BCUT2D eigenvalue weighted by molar-refractivity contribution is -0.0289. The summed E-state index contributed by atoms with van der Waals surface area (Å²) in [5.41, 5.74) is 1.26. The molecule has 0 aliphatic carbocycles. The molecule has 0 spiro atoms. The van der Waals surface area contributed by atoms with Crippen molar-refractivity contribution in [2.45, 2.75) is 37.9 Å². The second-order valence-corrected chi connectivity index (χ2v) is 5.91. The molecule has 2 aliphatic heterocycles. The van der Waals surface area contributed by atoms with Gasteiger partial charge in [-0.15, -0.1) is 0 Å². The average molecular weight is 271 g/mol. The maximum Gasteiger partial charge on any atom is 0.0683 e. The lowest BCUT2D eigenvalue weighted by Crippen LogP contribution is -2.56. The van der Waals surface area contributed by atoms with Crippen molar-refractivity contribution < 1.29 is 4.74 Å². The van der Waals surface area contributed by atoms with Gasteiger partial charge in [-0.3, -0.25) is 9.58 Å². The molecule has 0 radical (unpaired) electrons. The molecule has 2 aliphatic rings. The zero-order chi connectivity index (χ0) is 13.4. The van der Waals surface area contributed by atoms with Crippen molar-refractivity contribution >= 4 is 10.9 Å². The summed E-state index contributed by atoms with van der Waals surface area (Å²) in [5, 5.41) is 5.80. The molecule has 1 unspecified atom stereocenters. The van der Waals surface area contributed by atoms with Crippen molar-refractivity contribution in [3.63, 3.8) is 0 Å². The van der Waals surface area contributed by atoms with Crippen molar-refractivity contribution in [2.75, 3.05) is 19.8 Å². The second-order valence-electron chi connectivity index (χ2n) is 5.91. The van der Waals surface area contributed by atoms with E-state index in [1.807, 2.05) is 6.20 Å². The molecule has 0 amide bonds. The van der Waals surface area contributed by atoms with Crippen LogP contribution in [0.25, 0.3) is 10.9 Å². The van der Waals surface area contributed by atoms with Crippen LogP contribution in [0.5, 0.6) is 0 Å². The number of likely N-dealkylation sites (tertiary alicyclic amines) is 1. The van der Waals surface area contributed by atoms with E-state index in [-0.39, 0.29) is 0 Å². The minimum Gasteiger partial charge on any atom is -0.381 e. The van der Waals surface area contributed by atoms with Crippen LogP contribution in [0, 0.1) is 0 Å². The predicted molar refractivity (Wildman–Crippen MR) is 78.7 cm³/mol. The second kappa shape index (κ2) is 5.19. The van der Waals surface area contributed by atoms with E-state index < -0.39 is 0 Å². The fourth-order valence-electron chi connectivity index (χ4n) is 3.53. The Kier molecular flexibility index (Phi) is 3.20. The van der Waals surface area contributed by atoms with Crippen molar-refractivity contribution in [1.29, 1.82) is 0 Å². The highest BCUT2D eigenvalue weighted by atomic mass is 16.5. The molecule has 0 bridgehead atoms. The van der Waals surface area contributed by atoms with Gasteiger partial charge in [-0.1, -0.05) is 18.2 Å². The monoisotopic (exact) mass is 271 g/mol. The molecule has 0 saturated carbocycles. The van der Waals surface area contributed by atoms with Crippen LogP contribution in [0.3, 0.4) is 0 Å². The van der Waals surface area contributed by atoms with Gasteiger partial charge >= 0.3 is 0 Å². The van der Waals surface area contributed by atoms with Gasteiger partial charge in [0.05, 0.1) is 18.3 Å². The van der Waals surface area contributed by atoms with Crippen LogP contribution in [0.1, 0.15) is 19.3 Å². The summed E-state index contributed by atoms with van der Waals surface area (Å²) in [5.74, 6) is 0. The third-order valence-corrected chi connectivity index (χ3v) is 4.78. The zero-order valence-electron chi connectivity index (χ0n) is 11.7. The lowest BCUT2D eigenvalue weighted by atomic mass is 9.95. The highest BCUT2D eigenvalue weighted by molar-refractivity contribution is 5.78. The Morgan fingerprint density at radius 2 is 2.00 bits per heavy atom. The molecule has 106 valence electrons. The lowest BCUT2D eigenvalue weighted by Gasteiger charge is -2.47. The Hall–Kier alpha value is -1.39. The van der Waals surface area contributed by atoms with Crippen molar-refractivity contribution in [3.8, 4) is 0 Å². The van der Waals surface area contributed by atoms with Crippen LogP contribution < -0.4 is 0 Å².